The van der Waals surface area contributed by atoms with Gasteiger partial charge >= 0.3 is 0 Å². The zero-order chi connectivity index (χ0) is 18.1. The predicted molar refractivity (Wildman–Crippen MR) is 100 cm³/mol. The van der Waals surface area contributed by atoms with Crippen molar-refractivity contribution in [2.75, 3.05) is 13.1 Å². The molecule has 1 atom stereocenters. The van der Waals surface area contributed by atoms with Crippen LogP contribution in [-0.4, -0.2) is 43.2 Å². The molecule has 1 aliphatic heterocycles. The Morgan fingerprint density at radius 2 is 2.15 bits per heavy atom. The number of nitrogens with zero attached hydrogens (tertiary/aromatic N) is 5. The number of likely N-dealkylation sites (tertiary alicyclic amines) is 1. The summed E-state index contributed by atoms with van der Waals surface area (Å²) in [5.41, 5.74) is 1.58. The molecular formula is C20H29N5O. The number of imidazole rings is 1. The average molecular weight is 355 g/mol. The topological polar surface area (TPSA) is 56.0 Å². The molecule has 0 unspecified atom stereocenters. The van der Waals surface area contributed by atoms with Crippen LogP contribution in [0.2, 0.25) is 0 Å². The SMILES string of the molecule is CCCn1cc(C(=O)N2CCC[C@H](c3nccn3CC3CC3)C2)c(C)n1. The molecular weight excluding hydrogens is 326 g/mol. The number of piperidine rings is 1. The lowest BCUT2D eigenvalue weighted by Gasteiger charge is -2.32. The number of carbonyl (C=O) groups is 1. The quantitative estimate of drug-likeness (QED) is 0.799. The minimum absolute atomic E-state index is 0.120. The molecule has 26 heavy (non-hydrogen) atoms. The van der Waals surface area contributed by atoms with E-state index in [9.17, 15) is 4.79 Å². The Morgan fingerprint density at radius 1 is 1.31 bits per heavy atom. The highest BCUT2D eigenvalue weighted by Crippen LogP contribution is 2.33. The van der Waals surface area contributed by atoms with Gasteiger partial charge < -0.3 is 9.47 Å². The number of hydrogen-bond donors (Lipinski definition) is 0. The molecule has 6 heteroatoms. The van der Waals surface area contributed by atoms with Crippen molar-refractivity contribution in [3.8, 4) is 0 Å². The smallest absolute Gasteiger partial charge is 0.257 e. The van der Waals surface area contributed by atoms with Crippen molar-refractivity contribution in [3.63, 3.8) is 0 Å². The number of rotatable bonds is 6. The summed E-state index contributed by atoms with van der Waals surface area (Å²) in [4.78, 5) is 19.7. The lowest BCUT2D eigenvalue weighted by molar-refractivity contribution is 0.0702. The predicted octanol–water partition coefficient (Wildman–Crippen LogP) is 3.23. The van der Waals surface area contributed by atoms with Gasteiger partial charge in [-0.05, 0) is 44.9 Å². The Bertz CT molecular complexity index is 773. The van der Waals surface area contributed by atoms with Gasteiger partial charge in [-0.25, -0.2) is 4.98 Å². The fourth-order valence-electron chi connectivity index (χ4n) is 4.03. The van der Waals surface area contributed by atoms with Gasteiger partial charge in [0.05, 0.1) is 11.3 Å². The summed E-state index contributed by atoms with van der Waals surface area (Å²) in [6, 6.07) is 0. The van der Waals surface area contributed by atoms with E-state index in [1.54, 1.807) is 0 Å². The molecule has 2 aromatic heterocycles. The highest BCUT2D eigenvalue weighted by atomic mass is 16.2. The monoisotopic (exact) mass is 355 g/mol. The minimum Gasteiger partial charge on any atom is -0.338 e. The summed E-state index contributed by atoms with van der Waals surface area (Å²) in [6.45, 7) is 7.59. The zero-order valence-electron chi connectivity index (χ0n) is 15.9. The van der Waals surface area contributed by atoms with E-state index in [1.165, 1.54) is 12.8 Å². The number of hydrogen-bond acceptors (Lipinski definition) is 3. The summed E-state index contributed by atoms with van der Waals surface area (Å²) in [7, 11) is 0. The highest BCUT2D eigenvalue weighted by Gasteiger charge is 2.30. The first-order valence-electron chi connectivity index (χ1n) is 10.00. The van der Waals surface area contributed by atoms with Gasteiger partial charge in [-0.1, -0.05) is 6.92 Å². The van der Waals surface area contributed by atoms with E-state index in [0.29, 0.717) is 5.92 Å². The Hall–Kier alpha value is -2.11. The molecule has 1 saturated carbocycles. The van der Waals surface area contributed by atoms with Crippen LogP contribution in [0.3, 0.4) is 0 Å². The van der Waals surface area contributed by atoms with Gasteiger partial charge in [-0.2, -0.15) is 5.10 Å². The molecule has 1 aliphatic carbocycles. The van der Waals surface area contributed by atoms with Gasteiger partial charge in [0, 0.05) is 50.7 Å². The summed E-state index contributed by atoms with van der Waals surface area (Å²) in [5.74, 6) is 2.45. The largest absolute Gasteiger partial charge is 0.338 e. The van der Waals surface area contributed by atoms with Gasteiger partial charge in [-0.3, -0.25) is 9.48 Å². The molecule has 0 spiro atoms. The minimum atomic E-state index is 0.120. The van der Waals surface area contributed by atoms with Gasteiger partial charge in [0.2, 0.25) is 0 Å². The van der Waals surface area contributed by atoms with Crippen LogP contribution in [0.5, 0.6) is 0 Å². The van der Waals surface area contributed by atoms with Crippen LogP contribution in [-0.2, 0) is 13.1 Å². The summed E-state index contributed by atoms with van der Waals surface area (Å²) >= 11 is 0. The summed E-state index contributed by atoms with van der Waals surface area (Å²) < 4.78 is 4.22. The maximum atomic E-state index is 13.1. The molecule has 4 rings (SSSR count). The third-order valence-electron chi connectivity index (χ3n) is 5.60. The molecule has 3 heterocycles. The molecule has 1 saturated heterocycles. The van der Waals surface area contributed by atoms with Gasteiger partial charge in [0.15, 0.2) is 0 Å². The van der Waals surface area contributed by atoms with E-state index < -0.39 is 0 Å². The number of amides is 1. The van der Waals surface area contributed by atoms with Crippen molar-refractivity contribution < 1.29 is 4.79 Å². The van der Waals surface area contributed by atoms with Crippen molar-refractivity contribution in [1.29, 1.82) is 0 Å². The second-order valence-corrected chi connectivity index (χ2v) is 7.86. The van der Waals surface area contributed by atoms with Crippen molar-refractivity contribution in [1.82, 2.24) is 24.2 Å². The van der Waals surface area contributed by atoms with E-state index in [0.717, 1.165) is 68.4 Å². The van der Waals surface area contributed by atoms with Crippen molar-refractivity contribution >= 4 is 5.91 Å². The van der Waals surface area contributed by atoms with Gasteiger partial charge in [0.1, 0.15) is 5.82 Å². The maximum absolute atomic E-state index is 13.1. The normalized spacial score (nSPS) is 20.5. The van der Waals surface area contributed by atoms with Gasteiger partial charge in [0.25, 0.3) is 5.91 Å². The lowest BCUT2D eigenvalue weighted by Crippen LogP contribution is -2.40. The second kappa shape index (κ2) is 7.25. The van der Waals surface area contributed by atoms with E-state index in [2.05, 4.69) is 27.8 Å². The van der Waals surface area contributed by atoms with Gasteiger partial charge in [-0.15, -0.1) is 0 Å². The molecule has 0 bridgehead atoms. The van der Waals surface area contributed by atoms with Crippen LogP contribution in [0.1, 0.15) is 66.8 Å². The molecule has 1 amide bonds. The first-order valence-corrected chi connectivity index (χ1v) is 10.00. The van der Waals surface area contributed by atoms with E-state index >= 15 is 0 Å². The molecule has 140 valence electrons. The Balaban J connectivity index is 1.48. The van der Waals surface area contributed by atoms with E-state index in [-0.39, 0.29) is 5.91 Å². The van der Waals surface area contributed by atoms with Crippen LogP contribution in [0.25, 0.3) is 0 Å². The Morgan fingerprint density at radius 3 is 2.92 bits per heavy atom. The van der Waals surface area contributed by atoms with Crippen molar-refractivity contribution in [2.24, 2.45) is 5.92 Å². The molecule has 2 fully saturated rings. The second-order valence-electron chi connectivity index (χ2n) is 7.86. The lowest BCUT2D eigenvalue weighted by atomic mass is 9.96. The number of aryl methyl sites for hydroxylation is 2. The van der Waals surface area contributed by atoms with Crippen LogP contribution in [0.4, 0.5) is 0 Å². The first-order chi connectivity index (χ1) is 12.7. The van der Waals surface area contributed by atoms with Crippen molar-refractivity contribution in [3.05, 3.63) is 35.7 Å². The standard InChI is InChI=1S/C20H29N5O/c1-3-9-25-14-18(15(2)22-25)20(26)24-10-4-5-17(13-24)19-21-8-11-23(19)12-16-6-7-16/h8,11,14,16-17H,3-7,9-10,12-13H2,1-2H3/t17-/m0/s1. The van der Waals surface area contributed by atoms with Crippen LogP contribution < -0.4 is 0 Å². The van der Waals surface area contributed by atoms with Crippen LogP contribution in [0.15, 0.2) is 18.6 Å². The molecule has 2 aliphatic rings. The summed E-state index contributed by atoms with van der Waals surface area (Å²) in [5, 5.41) is 4.49. The fraction of sp³-hybridized carbons (Fsp3) is 0.650. The van der Waals surface area contributed by atoms with Crippen molar-refractivity contribution in [2.45, 2.75) is 65.0 Å². The Kier molecular flexibility index (Phi) is 4.83. The number of aromatic nitrogens is 4. The molecule has 0 aromatic carbocycles. The third-order valence-corrected chi connectivity index (χ3v) is 5.60. The summed E-state index contributed by atoms with van der Waals surface area (Å²) in [6.07, 6.45) is 11.8. The zero-order valence-corrected chi connectivity index (χ0v) is 15.9. The van der Waals surface area contributed by atoms with Crippen LogP contribution in [0, 0.1) is 12.8 Å². The average Bonchev–Trinajstić information content (AvgIpc) is 3.20. The number of carbonyl (C=O) groups excluding carboxylic acids is 1. The fourth-order valence-corrected chi connectivity index (χ4v) is 4.03. The highest BCUT2D eigenvalue weighted by molar-refractivity contribution is 5.95. The maximum Gasteiger partial charge on any atom is 0.257 e. The molecule has 2 aromatic rings. The molecule has 6 nitrogen and oxygen atoms in total. The third kappa shape index (κ3) is 3.55. The van der Waals surface area contributed by atoms with E-state index in [4.69, 9.17) is 0 Å². The molecule has 0 radical (unpaired) electrons. The van der Waals surface area contributed by atoms with E-state index in [1.807, 2.05) is 28.9 Å². The van der Waals surface area contributed by atoms with Crippen LogP contribution >= 0.6 is 0 Å². The molecule has 0 N–H and O–H groups in total. The first kappa shape index (κ1) is 17.3. The Labute approximate surface area is 155 Å².